The highest BCUT2D eigenvalue weighted by Gasteiger charge is 2.11. The zero-order chi connectivity index (χ0) is 9.14. The smallest absolute Gasteiger partial charge is 0.187 e. The fraction of sp³-hybridized carbons (Fsp3) is 0.625. The van der Waals surface area contributed by atoms with E-state index in [1.54, 1.807) is 0 Å². The zero-order valence-corrected chi connectivity index (χ0v) is 7.39. The molecule has 1 aromatic heterocycles. The molecule has 0 amide bonds. The van der Waals surface area contributed by atoms with Gasteiger partial charge in [0.2, 0.25) is 0 Å². The van der Waals surface area contributed by atoms with Crippen LogP contribution in [0.25, 0.3) is 0 Å². The predicted octanol–water partition coefficient (Wildman–Crippen LogP) is 1.72. The summed E-state index contributed by atoms with van der Waals surface area (Å²) in [6.07, 6.45) is 1.70. The van der Waals surface area contributed by atoms with Crippen LogP contribution in [0.4, 0.5) is 10.2 Å². The Balaban J connectivity index is 2.69. The van der Waals surface area contributed by atoms with Gasteiger partial charge in [0.25, 0.3) is 0 Å². The van der Waals surface area contributed by atoms with Crippen molar-refractivity contribution < 1.29 is 4.39 Å². The summed E-state index contributed by atoms with van der Waals surface area (Å²) in [7, 11) is 0. The lowest BCUT2D eigenvalue weighted by Gasteiger charge is -2.04. The number of rotatable bonds is 3. The van der Waals surface area contributed by atoms with E-state index in [9.17, 15) is 4.39 Å². The SMILES string of the molecule is CCC(C)Cc1[nH]nc(N)c1F. The Morgan fingerprint density at radius 1 is 1.67 bits per heavy atom. The van der Waals surface area contributed by atoms with Crippen molar-refractivity contribution in [3.8, 4) is 0 Å². The summed E-state index contributed by atoms with van der Waals surface area (Å²) in [4.78, 5) is 0. The molecular formula is C8H14FN3. The normalized spacial score (nSPS) is 13.2. The molecule has 1 rings (SSSR count). The van der Waals surface area contributed by atoms with E-state index in [4.69, 9.17) is 5.73 Å². The Morgan fingerprint density at radius 3 is 2.75 bits per heavy atom. The third-order valence-corrected chi connectivity index (χ3v) is 2.05. The van der Waals surface area contributed by atoms with Crippen LogP contribution >= 0.6 is 0 Å². The van der Waals surface area contributed by atoms with E-state index < -0.39 is 5.82 Å². The molecule has 1 unspecified atom stereocenters. The average molecular weight is 171 g/mol. The molecule has 3 N–H and O–H groups in total. The molecule has 3 nitrogen and oxygen atoms in total. The van der Waals surface area contributed by atoms with E-state index in [1.165, 1.54) is 0 Å². The monoisotopic (exact) mass is 171 g/mol. The first-order valence-corrected chi connectivity index (χ1v) is 4.13. The molecule has 1 aromatic rings. The number of hydrogen-bond acceptors (Lipinski definition) is 2. The van der Waals surface area contributed by atoms with Crippen LogP contribution in [-0.4, -0.2) is 10.2 Å². The Morgan fingerprint density at radius 2 is 2.33 bits per heavy atom. The minimum Gasteiger partial charge on any atom is -0.380 e. The van der Waals surface area contributed by atoms with Crippen molar-refractivity contribution in [1.82, 2.24) is 10.2 Å². The van der Waals surface area contributed by atoms with E-state index in [2.05, 4.69) is 24.0 Å². The molecule has 0 saturated carbocycles. The number of H-pyrrole nitrogens is 1. The lowest BCUT2D eigenvalue weighted by Crippen LogP contribution is -2.00. The molecule has 0 aliphatic rings. The molecule has 1 heterocycles. The van der Waals surface area contributed by atoms with E-state index >= 15 is 0 Å². The summed E-state index contributed by atoms with van der Waals surface area (Å²) in [6.45, 7) is 4.14. The van der Waals surface area contributed by atoms with Crippen molar-refractivity contribution in [1.29, 1.82) is 0 Å². The summed E-state index contributed by atoms with van der Waals surface area (Å²) in [6, 6.07) is 0. The maximum absolute atomic E-state index is 13.0. The van der Waals surface area contributed by atoms with Crippen LogP contribution in [0.5, 0.6) is 0 Å². The quantitative estimate of drug-likeness (QED) is 0.727. The fourth-order valence-corrected chi connectivity index (χ4v) is 1.01. The topological polar surface area (TPSA) is 54.7 Å². The van der Waals surface area contributed by atoms with Gasteiger partial charge in [0.15, 0.2) is 11.6 Å². The molecule has 0 aliphatic heterocycles. The van der Waals surface area contributed by atoms with Gasteiger partial charge in [-0.15, -0.1) is 0 Å². The van der Waals surface area contributed by atoms with E-state index in [0.717, 1.165) is 6.42 Å². The molecule has 1 atom stereocenters. The molecule has 0 fully saturated rings. The highest BCUT2D eigenvalue weighted by molar-refractivity contribution is 5.31. The standard InChI is InChI=1S/C8H14FN3/c1-3-5(2)4-6-7(9)8(10)12-11-6/h5H,3-4H2,1-2H3,(H3,10,11,12). The van der Waals surface area contributed by atoms with Crippen LogP contribution in [0.1, 0.15) is 26.0 Å². The maximum atomic E-state index is 13.0. The number of nitrogen functional groups attached to an aromatic ring is 1. The van der Waals surface area contributed by atoms with Gasteiger partial charge in [-0.3, -0.25) is 5.10 Å². The molecule has 0 aromatic carbocycles. The molecular weight excluding hydrogens is 157 g/mol. The van der Waals surface area contributed by atoms with Gasteiger partial charge >= 0.3 is 0 Å². The minimum absolute atomic E-state index is 0.0340. The van der Waals surface area contributed by atoms with Gasteiger partial charge in [0, 0.05) is 0 Å². The van der Waals surface area contributed by atoms with Crippen LogP contribution in [0.2, 0.25) is 0 Å². The van der Waals surface area contributed by atoms with Crippen molar-refractivity contribution in [2.24, 2.45) is 5.92 Å². The number of nitrogens with two attached hydrogens (primary N) is 1. The van der Waals surface area contributed by atoms with Gasteiger partial charge < -0.3 is 5.73 Å². The number of nitrogens with one attached hydrogen (secondary N) is 1. The number of hydrogen-bond donors (Lipinski definition) is 2. The Bertz CT molecular complexity index is 257. The number of anilines is 1. The molecule has 0 radical (unpaired) electrons. The molecule has 68 valence electrons. The number of halogens is 1. The Kier molecular flexibility index (Phi) is 2.68. The van der Waals surface area contributed by atoms with Gasteiger partial charge in [-0.1, -0.05) is 20.3 Å². The Hall–Kier alpha value is -1.06. The number of aromatic amines is 1. The van der Waals surface area contributed by atoms with Crippen LogP contribution in [0.15, 0.2) is 0 Å². The van der Waals surface area contributed by atoms with Crippen LogP contribution in [-0.2, 0) is 6.42 Å². The molecule has 0 spiro atoms. The minimum atomic E-state index is -0.393. The highest BCUT2D eigenvalue weighted by Crippen LogP contribution is 2.15. The van der Waals surface area contributed by atoms with Crippen molar-refractivity contribution in [3.63, 3.8) is 0 Å². The first-order valence-electron chi connectivity index (χ1n) is 4.13. The second-order valence-corrected chi connectivity index (χ2v) is 3.12. The van der Waals surface area contributed by atoms with Crippen LogP contribution in [0, 0.1) is 11.7 Å². The van der Waals surface area contributed by atoms with Crippen molar-refractivity contribution in [2.75, 3.05) is 5.73 Å². The summed E-state index contributed by atoms with van der Waals surface area (Å²) >= 11 is 0. The first-order chi connectivity index (χ1) is 5.65. The third kappa shape index (κ3) is 1.75. The summed E-state index contributed by atoms with van der Waals surface area (Å²) in [5, 5.41) is 6.17. The fourth-order valence-electron chi connectivity index (χ4n) is 1.01. The lowest BCUT2D eigenvalue weighted by atomic mass is 10.0. The van der Waals surface area contributed by atoms with Gasteiger partial charge in [0.1, 0.15) is 0 Å². The highest BCUT2D eigenvalue weighted by atomic mass is 19.1. The number of nitrogens with zero attached hydrogens (tertiary/aromatic N) is 1. The van der Waals surface area contributed by atoms with E-state index in [-0.39, 0.29) is 5.82 Å². The summed E-state index contributed by atoms with van der Waals surface area (Å²) in [5.41, 5.74) is 5.76. The lowest BCUT2D eigenvalue weighted by molar-refractivity contribution is 0.526. The van der Waals surface area contributed by atoms with E-state index in [1.807, 2.05) is 0 Å². The van der Waals surface area contributed by atoms with Gasteiger partial charge in [-0.05, 0) is 12.3 Å². The zero-order valence-electron chi connectivity index (χ0n) is 7.39. The molecule has 0 bridgehead atoms. The predicted molar refractivity (Wildman–Crippen MR) is 46.1 cm³/mol. The molecule has 12 heavy (non-hydrogen) atoms. The largest absolute Gasteiger partial charge is 0.380 e. The Labute approximate surface area is 71.2 Å². The molecule has 0 saturated heterocycles. The number of aromatic nitrogens is 2. The second-order valence-electron chi connectivity index (χ2n) is 3.12. The van der Waals surface area contributed by atoms with Gasteiger partial charge in [-0.25, -0.2) is 4.39 Å². The van der Waals surface area contributed by atoms with Crippen LogP contribution < -0.4 is 5.73 Å². The summed E-state index contributed by atoms with van der Waals surface area (Å²) < 4.78 is 13.0. The van der Waals surface area contributed by atoms with Gasteiger partial charge in [-0.2, -0.15) is 5.10 Å². The van der Waals surface area contributed by atoms with Crippen molar-refractivity contribution in [3.05, 3.63) is 11.5 Å². The van der Waals surface area contributed by atoms with Crippen molar-refractivity contribution >= 4 is 5.82 Å². The van der Waals surface area contributed by atoms with E-state index in [0.29, 0.717) is 18.0 Å². The third-order valence-electron chi connectivity index (χ3n) is 2.05. The second kappa shape index (κ2) is 3.56. The first kappa shape index (κ1) is 9.03. The average Bonchev–Trinajstić information content (AvgIpc) is 2.36. The van der Waals surface area contributed by atoms with Crippen LogP contribution in [0.3, 0.4) is 0 Å². The molecule has 4 heteroatoms. The van der Waals surface area contributed by atoms with Gasteiger partial charge in [0.05, 0.1) is 5.69 Å². The molecule has 0 aliphatic carbocycles. The van der Waals surface area contributed by atoms with Crippen molar-refractivity contribution in [2.45, 2.75) is 26.7 Å². The summed E-state index contributed by atoms with van der Waals surface area (Å²) in [5.74, 6) is 0.0305. The maximum Gasteiger partial charge on any atom is 0.187 e.